The number of benzene rings is 1. The Morgan fingerprint density at radius 2 is 1.96 bits per heavy atom. The minimum Gasteiger partial charge on any atom is -0.496 e. The minimum atomic E-state index is -3.46. The number of carbonyl (C=O) groups is 2. The van der Waals surface area contributed by atoms with E-state index in [-0.39, 0.29) is 38.5 Å². The van der Waals surface area contributed by atoms with Crippen LogP contribution in [-0.2, 0) is 26.0 Å². The van der Waals surface area contributed by atoms with Crippen molar-refractivity contribution in [1.82, 2.24) is 9.21 Å². The number of para-hydroxylation sites is 1. The third-order valence-electron chi connectivity index (χ3n) is 5.36. The number of sulfonamides is 1. The Morgan fingerprint density at radius 3 is 2.54 bits per heavy atom. The highest BCUT2D eigenvalue weighted by atomic mass is 32.2. The predicted octanol–water partition coefficient (Wildman–Crippen LogP) is 0.0423. The van der Waals surface area contributed by atoms with E-state index < -0.39 is 27.3 Å². The van der Waals surface area contributed by atoms with Crippen LogP contribution in [0.25, 0.3) is 0 Å². The quantitative estimate of drug-likeness (QED) is 0.771. The number of carboxylic acid groups (broad SMARTS) is 1. The molecule has 0 aliphatic carbocycles. The molecule has 1 aromatic carbocycles. The van der Waals surface area contributed by atoms with Gasteiger partial charge in [-0.05, 0) is 6.07 Å². The molecule has 2 heterocycles. The van der Waals surface area contributed by atoms with Crippen molar-refractivity contribution in [3.63, 3.8) is 0 Å². The Labute approximate surface area is 152 Å². The number of fused-ring (bicyclic) bond motifs is 1. The maximum atomic E-state index is 12.7. The van der Waals surface area contributed by atoms with Crippen LogP contribution < -0.4 is 4.74 Å². The average Bonchev–Trinajstić information content (AvgIpc) is 3.10. The maximum Gasteiger partial charge on any atom is 0.313 e. The third kappa shape index (κ3) is 3.16. The van der Waals surface area contributed by atoms with Crippen molar-refractivity contribution < 1.29 is 27.9 Å². The highest BCUT2D eigenvalue weighted by Gasteiger charge is 2.59. The molecule has 0 aromatic heterocycles. The van der Waals surface area contributed by atoms with Crippen molar-refractivity contribution >= 4 is 21.9 Å². The zero-order chi connectivity index (χ0) is 19.1. The molecule has 0 spiro atoms. The first kappa shape index (κ1) is 18.7. The van der Waals surface area contributed by atoms with E-state index in [1.54, 1.807) is 12.1 Å². The number of rotatable bonds is 5. The number of methoxy groups -OCH3 is 1. The van der Waals surface area contributed by atoms with E-state index in [4.69, 9.17) is 4.74 Å². The summed E-state index contributed by atoms with van der Waals surface area (Å²) in [5, 5.41) is 9.75. The maximum absolute atomic E-state index is 12.7. The first-order chi connectivity index (χ1) is 12.2. The number of amides is 1. The monoisotopic (exact) mass is 382 g/mol. The molecule has 1 aromatic rings. The molecule has 2 saturated heterocycles. The lowest BCUT2D eigenvalue weighted by atomic mass is 9.81. The summed E-state index contributed by atoms with van der Waals surface area (Å²) >= 11 is 0. The van der Waals surface area contributed by atoms with Crippen LogP contribution in [0, 0.1) is 11.3 Å². The fourth-order valence-corrected chi connectivity index (χ4v) is 4.80. The normalized spacial score (nSPS) is 25.9. The molecule has 1 N–H and O–H groups in total. The summed E-state index contributed by atoms with van der Waals surface area (Å²) in [4.78, 5) is 26.2. The summed E-state index contributed by atoms with van der Waals surface area (Å²) in [7, 11) is -1.93. The second-order valence-corrected chi connectivity index (χ2v) is 8.96. The summed E-state index contributed by atoms with van der Waals surface area (Å²) < 4.78 is 30.0. The van der Waals surface area contributed by atoms with Gasteiger partial charge in [0.25, 0.3) is 0 Å². The van der Waals surface area contributed by atoms with Crippen LogP contribution in [0.4, 0.5) is 0 Å². The predicted molar refractivity (Wildman–Crippen MR) is 93.3 cm³/mol. The zero-order valence-electron chi connectivity index (χ0n) is 14.7. The standard InChI is InChI=1S/C17H22N2O6S/c1-25-14-6-4-3-5-12(14)7-15(20)18-8-13-9-19(26(2,23)24)11-17(13,10-18)16(21)22/h3-6,13H,7-11H2,1-2H3,(H,21,22)/t13-,17-/m1/s1. The van der Waals surface area contributed by atoms with Gasteiger partial charge in [0.15, 0.2) is 0 Å². The van der Waals surface area contributed by atoms with Crippen molar-refractivity contribution in [1.29, 1.82) is 0 Å². The number of aliphatic carboxylic acids is 1. The van der Waals surface area contributed by atoms with Gasteiger partial charge in [-0.15, -0.1) is 0 Å². The lowest BCUT2D eigenvalue weighted by Crippen LogP contribution is -2.43. The number of hydrogen-bond donors (Lipinski definition) is 1. The summed E-state index contributed by atoms with van der Waals surface area (Å²) in [6, 6.07) is 7.19. The number of likely N-dealkylation sites (tertiary alicyclic amines) is 1. The van der Waals surface area contributed by atoms with Gasteiger partial charge < -0.3 is 14.7 Å². The van der Waals surface area contributed by atoms with E-state index in [9.17, 15) is 23.1 Å². The van der Waals surface area contributed by atoms with Gasteiger partial charge in [-0.3, -0.25) is 9.59 Å². The van der Waals surface area contributed by atoms with Crippen molar-refractivity contribution in [2.45, 2.75) is 6.42 Å². The van der Waals surface area contributed by atoms with Gasteiger partial charge in [0.1, 0.15) is 11.2 Å². The molecular weight excluding hydrogens is 360 g/mol. The molecule has 2 aliphatic heterocycles. The smallest absolute Gasteiger partial charge is 0.313 e. The Bertz CT molecular complexity index is 839. The molecule has 0 saturated carbocycles. The van der Waals surface area contributed by atoms with Gasteiger partial charge in [0.05, 0.1) is 19.8 Å². The molecule has 2 aliphatic rings. The molecule has 142 valence electrons. The van der Waals surface area contributed by atoms with Crippen molar-refractivity contribution in [2.75, 3.05) is 39.5 Å². The Morgan fingerprint density at radius 1 is 1.27 bits per heavy atom. The molecule has 0 bridgehead atoms. The molecule has 0 radical (unpaired) electrons. The average molecular weight is 382 g/mol. The van der Waals surface area contributed by atoms with E-state index >= 15 is 0 Å². The van der Waals surface area contributed by atoms with Crippen molar-refractivity contribution in [3.8, 4) is 5.75 Å². The van der Waals surface area contributed by atoms with Gasteiger partial charge in [0.2, 0.25) is 15.9 Å². The van der Waals surface area contributed by atoms with E-state index in [1.165, 1.54) is 16.3 Å². The topological polar surface area (TPSA) is 104 Å². The summed E-state index contributed by atoms with van der Waals surface area (Å²) in [6.07, 6.45) is 1.19. The van der Waals surface area contributed by atoms with Crippen LogP contribution >= 0.6 is 0 Å². The van der Waals surface area contributed by atoms with Crippen molar-refractivity contribution in [3.05, 3.63) is 29.8 Å². The summed E-state index contributed by atoms with van der Waals surface area (Å²) in [6.45, 7) is 0.299. The van der Waals surface area contributed by atoms with E-state index in [0.29, 0.717) is 5.75 Å². The Hall–Kier alpha value is -2.13. The fourth-order valence-electron chi connectivity index (χ4n) is 3.89. The molecule has 3 rings (SSSR count). The summed E-state index contributed by atoms with van der Waals surface area (Å²) in [5.74, 6) is -1.04. The number of carboxylic acids is 1. The Kier molecular flexibility index (Phi) is 4.70. The highest BCUT2D eigenvalue weighted by molar-refractivity contribution is 7.88. The van der Waals surface area contributed by atoms with Gasteiger partial charge in [-0.25, -0.2) is 12.7 Å². The molecular formula is C17H22N2O6S. The van der Waals surface area contributed by atoms with E-state index in [0.717, 1.165) is 11.8 Å². The Balaban J connectivity index is 1.77. The van der Waals surface area contributed by atoms with Crippen LogP contribution in [-0.4, -0.2) is 74.2 Å². The first-order valence-electron chi connectivity index (χ1n) is 8.25. The number of nitrogens with zero attached hydrogens (tertiary/aromatic N) is 2. The molecule has 26 heavy (non-hydrogen) atoms. The van der Waals surface area contributed by atoms with Crippen LogP contribution in [0.1, 0.15) is 5.56 Å². The number of carbonyl (C=O) groups excluding carboxylic acids is 1. The van der Waals surface area contributed by atoms with E-state index in [1.807, 2.05) is 12.1 Å². The van der Waals surface area contributed by atoms with Gasteiger partial charge in [-0.1, -0.05) is 18.2 Å². The number of hydrogen-bond acceptors (Lipinski definition) is 5. The van der Waals surface area contributed by atoms with E-state index in [2.05, 4.69) is 0 Å². The lowest BCUT2D eigenvalue weighted by molar-refractivity contribution is -0.148. The molecule has 1 amide bonds. The second-order valence-electron chi connectivity index (χ2n) is 6.98. The molecule has 9 heteroatoms. The van der Waals surface area contributed by atoms with Gasteiger partial charge in [-0.2, -0.15) is 0 Å². The highest BCUT2D eigenvalue weighted by Crippen LogP contribution is 2.43. The lowest BCUT2D eigenvalue weighted by Gasteiger charge is -2.24. The molecule has 8 nitrogen and oxygen atoms in total. The van der Waals surface area contributed by atoms with Crippen molar-refractivity contribution in [2.24, 2.45) is 11.3 Å². The first-order valence-corrected chi connectivity index (χ1v) is 10.1. The zero-order valence-corrected chi connectivity index (χ0v) is 15.5. The SMILES string of the molecule is COc1ccccc1CC(=O)N1C[C@@H]2CN(S(C)(=O)=O)C[C@]2(C(=O)O)C1. The fraction of sp³-hybridized carbons (Fsp3) is 0.529. The third-order valence-corrected chi connectivity index (χ3v) is 6.58. The summed E-state index contributed by atoms with van der Waals surface area (Å²) in [5.41, 5.74) is -0.501. The van der Waals surface area contributed by atoms with Crippen LogP contribution in [0.15, 0.2) is 24.3 Å². The number of ether oxygens (including phenoxy) is 1. The molecule has 2 atom stereocenters. The molecule has 0 unspecified atom stereocenters. The van der Waals surface area contributed by atoms with Crippen LogP contribution in [0.2, 0.25) is 0 Å². The van der Waals surface area contributed by atoms with Gasteiger partial charge >= 0.3 is 5.97 Å². The molecule has 2 fully saturated rings. The second kappa shape index (κ2) is 6.55. The van der Waals surface area contributed by atoms with Crippen LogP contribution in [0.3, 0.4) is 0 Å². The van der Waals surface area contributed by atoms with Crippen LogP contribution in [0.5, 0.6) is 5.75 Å². The minimum absolute atomic E-state index is 0.0208. The largest absolute Gasteiger partial charge is 0.496 e. The van der Waals surface area contributed by atoms with Gasteiger partial charge in [0, 0.05) is 37.7 Å².